The molecule has 0 amide bonds. The lowest BCUT2D eigenvalue weighted by Crippen LogP contribution is -2.13. The van der Waals surface area contributed by atoms with E-state index in [1.54, 1.807) is 6.92 Å². The number of aryl methyl sites for hydroxylation is 1. The Hall–Kier alpha value is -1.82. The summed E-state index contributed by atoms with van der Waals surface area (Å²) in [5.41, 5.74) is 0.548. The van der Waals surface area contributed by atoms with E-state index in [1.807, 2.05) is 0 Å². The van der Waals surface area contributed by atoms with Gasteiger partial charge in [0.2, 0.25) is 0 Å². The highest BCUT2D eigenvalue weighted by Crippen LogP contribution is 2.30. The van der Waals surface area contributed by atoms with E-state index in [9.17, 15) is 14.9 Å². The summed E-state index contributed by atoms with van der Waals surface area (Å²) in [6.45, 7) is 1.29. The van der Waals surface area contributed by atoms with Crippen LogP contribution in [0.1, 0.15) is 5.56 Å². The molecule has 1 rings (SSSR count). The molecule has 0 aromatic heterocycles. The Bertz CT molecular complexity index is 447. The Morgan fingerprint density at radius 2 is 2.25 bits per heavy atom. The molecular weight excluding hydrogens is 236 g/mol. The third-order valence-electron chi connectivity index (χ3n) is 1.90. The van der Waals surface area contributed by atoms with Gasteiger partial charge in [-0.2, -0.15) is 0 Å². The molecule has 0 heterocycles. The van der Waals surface area contributed by atoms with Crippen LogP contribution < -0.4 is 5.32 Å². The summed E-state index contributed by atoms with van der Waals surface area (Å²) in [6, 6.07) is 2.64. The number of nitro benzene ring substituents is 1. The van der Waals surface area contributed by atoms with Gasteiger partial charge in [0, 0.05) is 6.07 Å². The van der Waals surface area contributed by atoms with E-state index in [4.69, 9.17) is 16.7 Å². The minimum Gasteiger partial charge on any atom is -0.480 e. The summed E-state index contributed by atoms with van der Waals surface area (Å²) >= 11 is 5.74. The van der Waals surface area contributed by atoms with Gasteiger partial charge in [-0.15, -0.1) is 0 Å². The van der Waals surface area contributed by atoms with Crippen LogP contribution in [0.3, 0.4) is 0 Å². The number of carboxylic acid groups (broad SMARTS) is 1. The molecule has 86 valence electrons. The maximum absolute atomic E-state index is 10.7. The number of rotatable bonds is 4. The normalized spacial score (nSPS) is 9.88. The molecule has 1 aromatic carbocycles. The zero-order valence-electron chi connectivity index (χ0n) is 8.36. The highest BCUT2D eigenvalue weighted by molar-refractivity contribution is 6.31. The van der Waals surface area contributed by atoms with Gasteiger partial charge in [0.05, 0.1) is 9.95 Å². The molecule has 0 aliphatic rings. The van der Waals surface area contributed by atoms with E-state index >= 15 is 0 Å². The molecule has 0 unspecified atom stereocenters. The molecule has 6 nitrogen and oxygen atoms in total. The van der Waals surface area contributed by atoms with Gasteiger partial charge in [-0.1, -0.05) is 11.6 Å². The van der Waals surface area contributed by atoms with E-state index < -0.39 is 10.9 Å². The molecule has 0 aliphatic carbocycles. The van der Waals surface area contributed by atoms with Crippen LogP contribution in [0.5, 0.6) is 0 Å². The van der Waals surface area contributed by atoms with Crippen molar-refractivity contribution in [2.24, 2.45) is 0 Å². The van der Waals surface area contributed by atoms with Crippen molar-refractivity contribution in [2.75, 3.05) is 11.9 Å². The Morgan fingerprint density at radius 1 is 1.62 bits per heavy atom. The highest BCUT2D eigenvalue weighted by atomic mass is 35.5. The van der Waals surface area contributed by atoms with Crippen LogP contribution in [-0.2, 0) is 4.79 Å². The van der Waals surface area contributed by atoms with Crippen LogP contribution in [-0.4, -0.2) is 22.5 Å². The Morgan fingerprint density at radius 3 is 2.75 bits per heavy atom. The number of nitrogens with one attached hydrogen (secondary N) is 1. The molecule has 0 radical (unpaired) electrons. The van der Waals surface area contributed by atoms with Crippen LogP contribution >= 0.6 is 11.6 Å². The van der Waals surface area contributed by atoms with Gasteiger partial charge < -0.3 is 10.4 Å². The standard InChI is InChI=1S/C9H9ClN2O4/c1-5-2-7(11-4-9(13)14)8(12(15)16)3-6(5)10/h2-3,11H,4H2,1H3,(H,13,14). The average molecular weight is 245 g/mol. The lowest BCUT2D eigenvalue weighted by molar-refractivity contribution is -0.383. The molecule has 0 saturated heterocycles. The highest BCUT2D eigenvalue weighted by Gasteiger charge is 2.16. The largest absolute Gasteiger partial charge is 0.480 e. The van der Waals surface area contributed by atoms with Gasteiger partial charge in [0.1, 0.15) is 12.2 Å². The molecular formula is C9H9ClN2O4. The van der Waals surface area contributed by atoms with Gasteiger partial charge in [-0.05, 0) is 18.6 Å². The SMILES string of the molecule is Cc1cc(NCC(=O)O)c([N+](=O)[O-])cc1Cl. The molecule has 7 heteroatoms. The lowest BCUT2D eigenvalue weighted by atomic mass is 10.2. The Balaban J connectivity index is 3.09. The molecule has 0 bridgehead atoms. The minimum atomic E-state index is -1.10. The monoisotopic (exact) mass is 244 g/mol. The summed E-state index contributed by atoms with van der Waals surface area (Å²) in [4.78, 5) is 20.4. The van der Waals surface area contributed by atoms with Crippen molar-refractivity contribution < 1.29 is 14.8 Å². The first kappa shape index (κ1) is 12.3. The maximum Gasteiger partial charge on any atom is 0.322 e. The predicted octanol–water partition coefficient (Wildman–Crippen LogP) is 2.05. The lowest BCUT2D eigenvalue weighted by Gasteiger charge is -2.06. The summed E-state index contributed by atoms with van der Waals surface area (Å²) in [7, 11) is 0. The predicted molar refractivity (Wildman–Crippen MR) is 59.0 cm³/mol. The van der Waals surface area contributed by atoms with E-state index in [0.717, 1.165) is 0 Å². The number of halogens is 1. The summed E-state index contributed by atoms with van der Waals surface area (Å²) in [5.74, 6) is -1.10. The van der Waals surface area contributed by atoms with Crippen molar-refractivity contribution in [3.8, 4) is 0 Å². The van der Waals surface area contributed by atoms with Gasteiger partial charge in [-0.25, -0.2) is 0 Å². The van der Waals surface area contributed by atoms with Crippen molar-refractivity contribution in [2.45, 2.75) is 6.92 Å². The van der Waals surface area contributed by atoms with Crippen LogP contribution in [0.25, 0.3) is 0 Å². The maximum atomic E-state index is 10.7. The number of nitro groups is 1. The first-order valence-electron chi connectivity index (χ1n) is 4.32. The molecule has 0 fully saturated rings. The number of nitrogens with zero attached hydrogens (tertiary/aromatic N) is 1. The molecule has 0 aliphatic heterocycles. The molecule has 2 N–H and O–H groups in total. The molecule has 0 saturated carbocycles. The number of hydrogen-bond donors (Lipinski definition) is 2. The topological polar surface area (TPSA) is 92.5 Å². The van der Waals surface area contributed by atoms with Crippen LogP contribution in [0.4, 0.5) is 11.4 Å². The number of anilines is 1. The van der Waals surface area contributed by atoms with E-state index in [-0.39, 0.29) is 22.9 Å². The number of carbonyl (C=O) groups is 1. The molecule has 1 aromatic rings. The van der Waals surface area contributed by atoms with E-state index in [1.165, 1.54) is 12.1 Å². The zero-order valence-corrected chi connectivity index (χ0v) is 9.11. The second-order valence-electron chi connectivity index (χ2n) is 3.12. The van der Waals surface area contributed by atoms with Gasteiger partial charge in [-0.3, -0.25) is 14.9 Å². The fraction of sp³-hybridized carbons (Fsp3) is 0.222. The molecule has 0 atom stereocenters. The zero-order chi connectivity index (χ0) is 12.3. The number of benzene rings is 1. The third kappa shape index (κ3) is 2.83. The number of carboxylic acids is 1. The average Bonchev–Trinajstić information content (AvgIpc) is 2.18. The Labute approximate surface area is 96.0 Å². The second-order valence-corrected chi connectivity index (χ2v) is 3.53. The first-order chi connectivity index (χ1) is 7.41. The van der Waals surface area contributed by atoms with E-state index in [0.29, 0.717) is 5.56 Å². The molecule has 16 heavy (non-hydrogen) atoms. The van der Waals surface area contributed by atoms with Crippen molar-refractivity contribution in [1.82, 2.24) is 0 Å². The van der Waals surface area contributed by atoms with Crippen molar-refractivity contribution in [3.63, 3.8) is 0 Å². The van der Waals surface area contributed by atoms with Gasteiger partial charge in [0.15, 0.2) is 0 Å². The van der Waals surface area contributed by atoms with E-state index in [2.05, 4.69) is 5.32 Å². The first-order valence-corrected chi connectivity index (χ1v) is 4.70. The third-order valence-corrected chi connectivity index (χ3v) is 2.31. The van der Waals surface area contributed by atoms with Crippen LogP contribution in [0.2, 0.25) is 5.02 Å². The van der Waals surface area contributed by atoms with Crippen LogP contribution in [0, 0.1) is 17.0 Å². The fourth-order valence-electron chi connectivity index (χ4n) is 1.13. The molecule has 0 spiro atoms. The number of aliphatic carboxylic acids is 1. The summed E-state index contributed by atoms with van der Waals surface area (Å²) in [6.07, 6.45) is 0. The van der Waals surface area contributed by atoms with Crippen molar-refractivity contribution in [3.05, 3.63) is 32.8 Å². The number of hydrogen-bond acceptors (Lipinski definition) is 4. The van der Waals surface area contributed by atoms with Gasteiger partial charge in [0.25, 0.3) is 5.69 Å². The van der Waals surface area contributed by atoms with Crippen LogP contribution in [0.15, 0.2) is 12.1 Å². The fourth-order valence-corrected chi connectivity index (χ4v) is 1.29. The summed E-state index contributed by atoms with van der Waals surface area (Å²) < 4.78 is 0. The van der Waals surface area contributed by atoms with Gasteiger partial charge >= 0.3 is 5.97 Å². The second kappa shape index (κ2) is 4.80. The van der Waals surface area contributed by atoms with Crippen molar-refractivity contribution >= 4 is 28.9 Å². The smallest absolute Gasteiger partial charge is 0.322 e. The van der Waals surface area contributed by atoms with Crippen molar-refractivity contribution in [1.29, 1.82) is 0 Å². The minimum absolute atomic E-state index is 0.148. The summed E-state index contributed by atoms with van der Waals surface area (Å²) in [5, 5.41) is 21.9. The quantitative estimate of drug-likeness (QED) is 0.625. The Kier molecular flexibility index (Phi) is 3.68.